The van der Waals surface area contributed by atoms with Gasteiger partial charge in [-0.2, -0.15) is 0 Å². The molecule has 4 heterocycles. The number of anilines is 1. The zero-order valence-electron chi connectivity index (χ0n) is 18.9. The third-order valence-corrected chi connectivity index (χ3v) is 7.13. The summed E-state index contributed by atoms with van der Waals surface area (Å²) in [5.74, 6) is -4.43. The van der Waals surface area contributed by atoms with Crippen molar-refractivity contribution in [2.75, 3.05) is 23.4 Å². The van der Waals surface area contributed by atoms with E-state index < -0.39 is 39.6 Å². The summed E-state index contributed by atoms with van der Waals surface area (Å²) < 4.78 is 70.2. The van der Waals surface area contributed by atoms with E-state index in [1.807, 2.05) is 0 Å². The molecule has 0 aromatic carbocycles. The van der Waals surface area contributed by atoms with Crippen LogP contribution in [0.15, 0.2) is 30.6 Å². The number of hydrogen-bond acceptors (Lipinski definition) is 8. The first kappa shape index (κ1) is 24.7. The van der Waals surface area contributed by atoms with Crippen molar-refractivity contribution >= 4 is 27.1 Å². The molecule has 14 heteroatoms. The van der Waals surface area contributed by atoms with Crippen LogP contribution in [-0.4, -0.2) is 63.4 Å². The number of carbonyl (C=O) groups excluding carboxylic acids is 1. The van der Waals surface area contributed by atoms with E-state index in [9.17, 15) is 26.4 Å². The molecule has 3 aromatic rings. The number of imidazole rings is 1. The van der Waals surface area contributed by atoms with Crippen LogP contribution < -0.4 is 15.4 Å². The molecule has 4 rings (SSSR count). The standard InChI is InChI=1S/C21H23F3N6O4S/c1-20(5-7-35(32,33)8-6-20)28-18(31)15-11-30-16(27-15)3-4-17(29-30)34-19-14(9-13(22)10-25-19)26-12-21(2,23)24/h3-4,9-11,26H,5-8,12H2,1-2H3,(H,28,31). The van der Waals surface area contributed by atoms with Gasteiger partial charge in [0.15, 0.2) is 5.65 Å². The van der Waals surface area contributed by atoms with Gasteiger partial charge in [-0.3, -0.25) is 4.79 Å². The van der Waals surface area contributed by atoms with Gasteiger partial charge >= 0.3 is 0 Å². The molecule has 35 heavy (non-hydrogen) atoms. The number of alkyl halides is 2. The quantitative estimate of drug-likeness (QED) is 0.495. The average molecular weight is 513 g/mol. The molecule has 10 nitrogen and oxygen atoms in total. The second-order valence-electron chi connectivity index (χ2n) is 8.80. The van der Waals surface area contributed by atoms with E-state index in [1.54, 1.807) is 6.92 Å². The fraction of sp³-hybridized carbons (Fsp3) is 0.429. The molecule has 1 saturated heterocycles. The number of fused-ring (bicyclic) bond motifs is 1. The van der Waals surface area contributed by atoms with E-state index in [0.717, 1.165) is 12.3 Å². The molecular weight excluding hydrogens is 489 g/mol. The minimum absolute atomic E-state index is 0.00135. The predicted molar refractivity (Wildman–Crippen MR) is 120 cm³/mol. The number of sulfone groups is 1. The summed E-state index contributed by atoms with van der Waals surface area (Å²) in [4.78, 5) is 20.8. The van der Waals surface area contributed by atoms with Crippen LogP contribution in [0.2, 0.25) is 0 Å². The Hall–Kier alpha value is -3.42. The monoisotopic (exact) mass is 512 g/mol. The number of rotatable bonds is 7. The highest BCUT2D eigenvalue weighted by Crippen LogP contribution is 2.28. The summed E-state index contributed by atoms with van der Waals surface area (Å²) in [7, 11) is -3.08. The first-order chi connectivity index (χ1) is 16.3. The minimum atomic E-state index is -3.08. The molecule has 1 aliphatic rings. The van der Waals surface area contributed by atoms with Gasteiger partial charge < -0.3 is 15.4 Å². The van der Waals surface area contributed by atoms with E-state index in [2.05, 4.69) is 25.7 Å². The van der Waals surface area contributed by atoms with Crippen LogP contribution in [0.3, 0.4) is 0 Å². The van der Waals surface area contributed by atoms with Crippen molar-refractivity contribution < 1.29 is 31.1 Å². The summed E-state index contributed by atoms with van der Waals surface area (Å²) in [6, 6.07) is 3.93. The van der Waals surface area contributed by atoms with E-state index in [-0.39, 0.29) is 34.6 Å². The summed E-state index contributed by atoms with van der Waals surface area (Å²) >= 11 is 0. The number of nitrogens with one attached hydrogen (secondary N) is 2. The summed E-state index contributed by atoms with van der Waals surface area (Å²) in [6.07, 6.45) is 2.85. The highest BCUT2D eigenvalue weighted by atomic mass is 32.2. The van der Waals surface area contributed by atoms with Gasteiger partial charge in [0.1, 0.15) is 27.0 Å². The lowest BCUT2D eigenvalue weighted by molar-refractivity contribution is 0.0367. The molecule has 3 aromatic heterocycles. The normalized spacial score (nSPS) is 17.2. The maximum atomic E-state index is 13.6. The van der Waals surface area contributed by atoms with Crippen molar-refractivity contribution in [1.29, 1.82) is 0 Å². The summed E-state index contributed by atoms with van der Waals surface area (Å²) in [5.41, 5.74) is -0.360. The Kier molecular flexibility index (Phi) is 6.34. The van der Waals surface area contributed by atoms with Crippen LogP contribution in [0, 0.1) is 5.82 Å². The molecule has 1 amide bonds. The van der Waals surface area contributed by atoms with Crippen LogP contribution in [0.25, 0.3) is 5.65 Å². The van der Waals surface area contributed by atoms with E-state index in [0.29, 0.717) is 25.4 Å². The van der Waals surface area contributed by atoms with Crippen LogP contribution >= 0.6 is 0 Å². The van der Waals surface area contributed by atoms with Gasteiger partial charge in [0.05, 0.1) is 30.4 Å². The van der Waals surface area contributed by atoms with Crippen molar-refractivity contribution in [3.05, 3.63) is 42.1 Å². The SMILES string of the molecule is CC(F)(F)CNc1cc(F)cnc1Oc1ccc2nc(C(=O)NC3(C)CCS(=O)(=O)CC3)cn2n1. The van der Waals surface area contributed by atoms with E-state index in [1.165, 1.54) is 22.8 Å². The highest BCUT2D eigenvalue weighted by Gasteiger charge is 2.35. The number of halogens is 3. The van der Waals surface area contributed by atoms with Gasteiger partial charge in [0, 0.05) is 24.6 Å². The van der Waals surface area contributed by atoms with Crippen LogP contribution in [0.4, 0.5) is 18.9 Å². The van der Waals surface area contributed by atoms with Crippen LogP contribution in [0.1, 0.15) is 37.2 Å². The number of pyridine rings is 1. The second-order valence-corrected chi connectivity index (χ2v) is 11.1. The third-order valence-electron chi connectivity index (χ3n) is 5.48. The average Bonchev–Trinajstić information content (AvgIpc) is 3.19. The Morgan fingerprint density at radius 1 is 1.29 bits per heavy atom. The Morgan fingerprint density at radius 3 is 2.69 bits per heavy atom. The zero-order chi connectivity index (χ0) is 25.4. The largest absolute Gasteiger partial charge is 0.417 e. The number of ether oxygens (including phenoxy) is 1. The summed E-state index contributed by atoms with van der Waals surface area (Å²) in [6.45, 7) is 1.74. The predicted octanol–water partition coefficient (Wildman–Crippen LogP) is 2.82. The lowest BCUT2D eigenvalue weighted by Gasteiger charge is -2.34. The fourth-order valence-corrected chi connectivity index (χ4v) is 5.19. The Balaban J connectivity index is 1.50. The molecule has 0 unspecified atom stereocenters. The van der Waals surface area contributed by atoms with Gasteiger partial charge in [-0.25, -0.2) is 36.1 Å². The lowest BCUT2D eigenvalue weighted by Crippen LogP contribution is -2.51. The molecule has 0 saturated carbocycles. The Bertz CT molecular complexity index is 1360. The van der Waals surface area contributed by atoms with Crippen molar-refractivity contribution in [3.8, 4) is 11.8 Å². The lowest BCUT2D eigenvalue weighted by atomic mass is 9.95. The van der Waals surface area contributed by atoms with Gasteiger partial charge in [-0.05, 0) is 25.8 Å². The second kappa shape index (κ2) is 8.98. The highest BCUT2D eigenvalue weighted by molar-refractivity contribution is 7.91. The van der Waals surface area contributed by atoms with Crippen molar-refractivity contribution in [2.24, 2.45) is 0 Å². The van der Waals surface area contributed by atoms with Gasteiger partial charge in [-0.1, -0.05) is 0 Å². The molecule has 0 spiro atoms. The van der Waals surface area contributed by atoms with Gasteiger partial charge in [0.2, 0.25) is 11.8 Å². The molecule has 0 bridgehead atoms. The topological polar surface area (TPSA) is 128 Å². The molecule has 0 aliphatic carbocycles. The fourth-order valence-electron chi connectivity index (χ4n) is 3.46. The summed E-state index contributed by atoms with van der Waals surface area (Å²) in [5, 5.41) is 9.45. The molecule has 0 radical (unpaired) electrons. The number of hydrogen-bond donors (Lipinski definition) is 2. The molecule has 1 aliphatic heterocycles. The number of nitrogens with zero attached hydrogens (tertiary/aromatic N) is 4. The smallest absolute Gasteiger partial charge is 0.271 e. The molecule has 0 atom stereocenters. The van der Waals surface area contributed by atoms with E-state index >= 15 is 0 Å². The van der Waals surface area contributed by atoms with Gasteiger partial charge in [0.25, 0.3) is 11.8 Å². The van der Waals surface area contributed by atoms with Crippen LogP contribution in [0.5, 0.6) is 11.8 Å². The maximum Gasteiger partial charge on any atom is 0.271 e. The zero-order valence-corrected chi connectivity index (χ0v) is 19.7. The number of amides is 1. The van der Waals surface area contributed by atoms with E-state index in [4.69, 9.17) is 4.74 Å². The van der Waals surface area contributed by atoms with Crippen molar-refractivity contribution in [2.45, 2.75) is 38.2 Å². The maximum absolute atomic E-state index is 13.6. The number of carbonyl (C=O) groups is 1. The third kappa shape index (κ3) is 6.18. The Labute approximate surface area is 198 Å². The minimum Gasteiger partial charge on any atom is -0.417 e. The van der Waals surface area contributed by atoms with Crippen molar-refractivity contribution in [3.63, 3.8) is 0 Å². The molecule has 1 fully saturated rings. The van der Waals surface area contributed by atoms with Gasteiger partial charge in [-0.15, -0.1) is 5.10 Å². The first-order valence-electron chi connectivity index (χ1n) is 10.7. The molecule has 2 N–H and O–H groups in total. The molecule has 188 valence electrons. The molecular formula is C21H23F3N6O4S. The van der Waals surface area contributed by atoms with Crippen LogP contribution in [-0.2, 0) is 9.84 Å². The Morgan fingerprint density at radius 2 is 2.00 bits per heavy atom. The number of aromatic nitrogens is 4. The van der Waals surface area contributed by atoms with Crippen molar-refractivity contribution in [1.82, 2.24) is 24.9 Å². The first-order valence-corrected chi connectivity index (χ1v) is 12.5.